The van der Waals surface area contributed by atoms with Crippen molar-refractivity contribution in [2.75, 3.05) is 19.6 Å². The summed E-state index contributed by atoms with van der Waals surface area (Å²) in [6, 6.07) is 5.10. The van der Waals surface area contributed by atoms with Crippen LogP contribution in [0.25, 0.3) is 0 Å². The van der Waals surface area contributed by atoms with E-state index in [0.29, 0.717) is 33.9 Å². The summed E-state index contributed by atoms with van der Waals surface area (Å²) in [4.78, 5) is 0.387. The quantitative estimate of drug-likeness (QED) is 0.926. The van der Waals surface area contributed by atoms with Gasteiger partial charge in [-0.2, -0.15) is 4.31 Å². The monoisotopic (exact) mass is 328 g/mol. The predicted molar refractivity (Wildman–Crippen MR) is 84.0 cm³/mol. The van der Waals surface area contributed by atoms with Crippen molar-refractivity contribution in [1.29, 1.82) is 0 Å². The molecule has 2 saturated heterocycles. The summed E-state index contributed by atoms with van der Waals surface area (Å²) in [5.41, 5.74) is 0.715. The standard InChI is InChI=1S/C15H21ClN2O2S/c1-3-14-13-8-17-7-11(13)9-18(14)21(19,20)15-5-4-12(16)6-10(15)2/h4-6,11,13-14,17H,3,7-9H2,1-2H3. The molecule has 2 aliphatic rings. The molecule has 3 unspecified atom stereocenters. The summed E-state index contributed by atoms with van der Waals surface area (Å²) >= 11 is 5.94. The van der Waals surface area contributed by atoms with E-state index in [2.05, 4.69) is 12.2 Å². The highest BCUT2D eigenvalue weighted by molar-refractivity contribution is 7.89. The molecule has 0 saturated carbocycles. The molecule has 0 aliphatic carbocycles. The molecule has 116 valence electrons. The zero-order valence-electron chi connectivity index (χ0n) is 12.3. The van der Waals surface area contributed by atoms with Crippen molar-refractivity contribution < 1.29 is 8.42 Å². The number of nitrogens with zero attached hydrogens (tertiary/aromatic N) is 1. The van der Waals surface area contributed by atoms with E-state index >= 15 is 0 Å². The predicted octanol–water partition coefficient (Wildman–Crippen LogP) is 2.27. The first-order valence-electron chi connectivity index (χ1n) is 7.44. The third-order valence-electron chi connectivity index (χ3n) is 4.81. The van der Waals surface area contributed by atoms with Crippen LogP contribution in [0.3, 0.4) is 0 Å². The van der Waals surface area contributed by atoms with E-state index in [0.717, 1.165) is 19.5 Å². The van der Waals surface area contributed by atoms with E-state index in [1.54, 1.807) is 29.4 Å². The fourth-order valence-electron chi connectivity index (χ4n) is 3.79. The molecule has 0 aromatic heterocycles. The average molecular weight is 329 g/mol. The topological polar surface area (TPSA) is 49.4 Å². The van der Waals surface area contributed by atoms with Crippen molar-refractivity contribution in [1.82, 2.24) is 9.62 Å². The third kappa shape index (κ3) is 2.50. The lowest BCUT2D eigenvalue weighted by Crippen LogP contribution is -2.39. The number of hydrogen-bond donors (Lipinski definition) is 1. The molecule has 4 nitrogen and oxygen atoms in total. The minimum absolute atomic E-state index is 0.102. The Hall–Kier alpha value is -0.620. The van der Waals surface area contributed by atoms with Gasteiger partial charge in [0, 0.05) is 17.6 Å². The minimum atomic E-state index is -3.44. The van der Waals surface area contributed by atoms with E-state index in [1.165, 1.54) is 0 Å². The SMILES string of the molecule is CCC1C2CNCC2CN1S(=O)(=O)c1ccc(Cl)cc1C. The summed E-state index contributed by atoms with van der Waals surface area (Å²) in [5, 5.41) is 3.95. The fourth-order valence-corrected chi connectivity index (χ4v) is 6.03. The van der Waals surface area contributed by atoms with Gasteiger partial charge in [0.1, 0.15) is 0 Å². The van der Waals surface area contributed by atoms with Crippen molar-refractivity contribution in [2.45, 2.75) is 31.2 Å². The van der Waals surface area contributed by atoms with Crippen molar-refractivity contribution in [3.63, 3.8) is 0 Å². The zero-order chi connectivity index (χ0) is 15.2. The van der Waals surface area contributed by atoms with Crippen LogP contribution in [0.15, 0.2) is 23.1 Å². The maximum atomic E-state index is 13.0. The molecule has 6 heteroatoms. The van der Waals surface area contributed by atoms with Crippen molar-refractivity contribution in [2.24, 2.45) is 11.8 Å². The molecular formula is C15H21ClN2O2S. The Balaban J connectivity index is 1.98. The molecule has 3 atom stereocenters. The van der Waals surface area contributed by atoms with Gasteiger partial charge in [0.2, 0.25) is 10.0 Å². The second kappa shape index (κ2) is 5.54. The van der Waals surface area contributed by atoms with Crippen molar-refractivity contribution >= 4 is 21.6 Å². The summed E-state index contributed by atoms with van der Waals surface area (Å²) in [6.07, 6.45) is 0.856. The van der Waals surface area contributed by atoms with Crippen LogP contribution in [-0.2, 0) is 10.0 Å². The number of nitrogens with one attached hydrogen (secondary N) is 1. The first kappa shape index (κ1) is 15.3. The molecule has 0 radical (unpaired) electrons. The van der Waals surface area contributed by atoms with Crippen molar-refractivity contribution in [3.8, 4) is 0 Å². The molecule has 2 heterocycles. The molecule has 3 rings (SSSR count). The number of rotatable bonds is 3. The third-order valence-corrected chi connectivity index (χ3v) is 7.10. The summed E-state index contributed by atoms with van der Waals surface area (Å²) in [6.45, 7) is 6.35. The molecule has 0 bridgehead atoms. The summed E-state index contributed by atoms with van der Waals surface area (Å²) in [7, 11) is -3.44. The van der Waals surface area contributed by atoms with E-state index in [4.69, 9.17) is 11.6 Å². The Bertz CT molecular complexity index is 647. The zero-order valence-corrected chi connectivity index (χ0v) is 13.9. The van der Waals surface area contributed by atoms with Crippen molar-refractivity contribution in [3.05, 3.63) is 28.8 Å². The van der Waals surface area contributed by atoms with Gasteiger partial charge < -0.3 is 5.32 Å². The normalized spacial score (nSPS) is 29.8. The Morgan fingerprint density at radius 2 is 2.14 bits per heavy atom. The van der Waals surface area contributed by atoms with Crippen LogP contribution in [-0.4, -0.2) is 38.4 Å². The highest BCUT2D eigenvalue weighted by atomic mass is 35.5. The average Bonchev–Trinajstić information content (AvgIpc) is 2.97. The van der Waals surface area contributed by atoms with Gasteiger partial charge in [0.05, 0.1) is 4.90 Å². The second-order valence-electron chi connectivity index (χ2n) is 6.04. The Morgan fingerprint density at radius 1 is 1.38 bits per heavy atom. The number of sulfonamides is 1. The van der Waals surface area contributed by atoms with Crippen LogP contribution in [0.1, 0.15) is 18.9 Å². The summed E-state index contributed by atoms with van der Waals surface area (Å²) < 4.78 is 27.8. The number of aryl methyl sites for hydroxylation is 1. The van der Waals surface area contributed by atoms with Gasteiger partial charge in [0.15, 0.2) is 0 Å². The fraction of sp³-hybridized carbons (Fsp3) is 0.600. The molecule has 2 fully saturated rings. The van der Waals surface area contributed by atoms with E-state index in [9.17, 15) is 8.42 Å². The largest absolute Gasteiger partial charge is 0.316 e. The van der Waals surface area contributed by atoms with Crippen LogP contribution in [0, 0.1) is 18.8 Å². The van der Waals surface area contributed by atoms with Gasteiger partial charge in [-0.25, -0.2) is 8.42 Å². The van der Waals surface area contributed by atoms with Crippen LogP contribution < -0.4 is 5.32 Å². The second-order valence-corrected chi connectivity index (χ2v) is 8.34. The summed E-state index contributed by atoms with van der Waals surface area (Å²) in [5.74, 6) is 0.884. The minimum Gasteiger partial charge on any atom is -0.316 e. The van der Waals surface area contributed by atoms with Crippen LogP contribution in [0.2, 0.25) is 5.02 Å². The highest BCUT2D eigenvalue weighted by Gasteiger charge is 2.48. The number of fused-ring (bicyclic) bond motifs is 1. The first-order valence-corrected chi connectivity index (χ1v) is 9.25. The number of halogens is 1. The molecule has 2 aliphatic heterocycles. The van der Waals surface area contributed by atoms with Gasteiger partial charge in [-0.1, -0.05) is 18.5 Å². The van der Waals surface area contributed by atoms with Gasteiger partial charge in [-0.3, -0.25) is 0 Å². The maximum Gasteiger partial charge on any atom is 0.243 e. The van der Waals surface area contributed by atoms with Crippen LogP contribution in [0.4, 0.5) is 0 Å². The van der Waals surface area contributed by atoms with Gasteiger partial charge >= 0.3 is 0 Å². The molecule has 1 N–H and O–H groups in total. The smallest absolute Gasteiger partial charge is 0.243 e. The molecule has 0 amide bonds. The Labute approximate surface area is 131 Å². The number of benzene rings is 1. The van der Waals surface area contributed by atoms with Gasteiger partial charge in [0.25, 0.3) is 0 Å². The lowest BCUT2D eigenvalue weighted by atomic mass is 9.93. The maximum absolute atomic E-state index is 13.0. The van der Waals surface area contributed by atoms with Crippen LogP contribution in [0.5, 0.6) is 0 Å². The van der Waals surface area contributed by atoms with Gasteiger partial charge in [-0.15, -0.1) is 0 Å². The first-order chi connectivity index (χ1) is 9.95. The molecule has 1 aromatic rings. The van der Waals surface area contributed by atoms with Gasteiger partial charge in [-0.05, 0) is 62.0 Å². The Kier molecular flexibility index (Phi) is 4.03. The molecule has 21 heavy (non-hydrogen) atoms. The number of hydrogen-bond acceptors (Lipinski definition) is 3. The lowest BCUT2D eigenvalue weighted by molar-refractivity contribution is 0.329. The van der Waals surface area contributed by atoms with E-state index in [-0.39, 0.29) is 6.04 Å². The van der Waals surface area contributed by atoms with E-state index < -0.39 is 10.0 Å². The van der Waals surface area contributed by atoms with Crippen LogP contribution >= 0.6 is 11.6 Å². The van der Waals surface area contributed by atoms with E-state index in [1.807, 2.05) is 0 Å². The molecular weight excluding hydrogens is 308 g/mol. The molecule has 0 spiro atoms. The lowest BCUT2D eigenvalue weighted by Gasteiger charge is -2.26. The molecule has 1 aromatic carbocycles. The highest BCUT2D eigenvalue weighted by Crippen LogP contribution is 2.38. The Morgan fingerprint density at radius 3 is 2.81 bits per heavy atom.